The van der Waals surface area contributed by atoms with Crippen LogP contribution in [0.3, 0.4) is 0 Å². The molecule has 0 atom stereocenters. The van der Waals surface area contributed by atoms with Gasteiger partial charge in [-0.15, -0.1) is 0 Å². The van der Waals surface area contributed by atoms with Crippen molar-refractivity contribution in [2.45, 2.75) is 26.7 Å². The molecule has 108 valence electrons. The summed E-state index contributed by atoms with van der Waals surface area (Å²) in [6.45, 7) is 4.09. The predicted molar refractivity (Wildman–Crippen MR) is 84.2 cm³/mol. The van der Waals surface area contributed by atoms with Gasteiger partial charge in [-0.05, 0) is 18.4 Å². The predicted octanol–water partition coefficient (Wildman–Crippen LogP) is 3.89. The highest BCUT2D eigenvalue weighted by Gasteiger charge is 2.18. The average molecular weight is 300 g/mol. The van der Waals surface area contributed by atoms with E-state index >= 15 is 0 Å². The van der Waals surface area contributed by atoms with Crippen LogP contribution in [-0.2, 0) is 12.8 Å². The molecule has 0 saturated heterocycles. The summed E-state index contributed by atoms with van der Waals surface area (Å²) in [5.74, 6) is -0.879. The first-order chi connectivity index (χ1) is 10.1. The highest BCUT2D eigenvalue weighted by Crippen LogP contribution is 2.28. The van der Waals surface area contributed by atoms with Gasteiger partial charge in [-0.2, -0.15) is 0 Å². The van der Waals surface area contributed by atoms with Crippen molar-refractivity contribution >= 4 is 22.3 Å². The van der Waals surface area contributed by atoms with Gasteiger partial charge in [0.05, 0.1) is 5.69 Å². The van der Waals surface area contributed by atoms with Crippen molar-refractivity contribution in [1.29, 1.82) is 0 Å². The summed E-state index contributed by atoms with van der Waals surface area (Å²) in [6, 6.07) is 8.34. The Balaban J connectivity index is 2.08. The van der Waals surface area contributed by atoms with Gasteiger partial charge in [0.25, 0.3) is 0 Å². The van der Waals surface area contributed by atoms with Gasteiger partial charge in [0, 0.05) is 17.5 Å². The van der Waals surface area contributed by atoms with Gasteiger partial charge >= 0.3 is 5.97 Å². The second kappa shape index (κ2) is 5.33. The Bertz CT molecular complexity index is 800. The summed E-state index contributed by atoms with van der Waals surface area (Å²) in [7, 11) is 0. The van der Waals surface area contributed by atoms with Gasteiger partial charge in [0.1, 0.15) is 4.88 Å². The Morgan fingerprint density at radius 3 is 2.52 bits per heavy atom. The SMILES string of the molecule is CCc1ccc(-c2cn3c(CC)c(C(=O)O)sc3n2)cc1. The molecule has 0 aliphatic carbocycles. The van der Waals surface area contributed by atoms with Crippen molar-refractivity contribution in [2.24, 2.45) is 0 Å². The van der Waals surface area contributed by atoms with E-state index in [9.17, 15) is 9.90 Å². The van der Waals surface area contributed by atoms with Crippen LogP contribution in [0.5, 0.6) is 0 Å². The molecule has 0 radical (unpaired) electrons. The monoisotopic (exact) mass is 300 g/mol. The number of benzene rings is 1. The Morgan fingerprint density at radius 1 is 1.24 bits per heavy atom. The molecular formula is C16H16N2O2S. The highest BCUT2D eigenvalue weighted by atomic mass is 32.1. The van der Waals surface area contributed by atoms with Gasteiger partial charge < -0.3 is 5.11 Å². The Labute approximate surface area is 126 Å². The zero-order chi connectivity index (χ0) is 15.0. The van der Waals surface area contributed by atoms with Crippen LogP contribution in [-0.4, -0.2) is 20.5 Å². The van der Waals surface area contributed by atoms with Crippen LogP contribution in [0.4, 0.5) is 0 Å². The van der Waals surface area contributed by atoms with Crippen molar-refractivity contribution in [3.8, 4) is 11.3 Å². The lowest BCUT2D eigenvalue weighted by Crippen LogP contribution is -1.99. The van der Waals surface area contributed by atoms with Crippen LogP contribution in [0.1, 0.15) is 34.8 Å². The number of carboxylic acid groups (broad SMARTS) is 1. The van der Waals surface area contributed by atoms with Crippen LogP contribution in [0, 0.1) is 0 Å². The number of fused-ring (bicyclic) bond motifs is 1. The molecule has 0 amide bonds. The van der Waals surface area contributed by atoms with Crippen LogP contribution in [0.15, 0.2) is 30.5 Å². The maximum atomic E-state index is 11.2. The number of thiazole rings is 1. The van der Waals surface area contributed by atoms with Crippen molar-refractivity contribution in [3.63, 3.8) is 0 Å². The fraction of sp³-hybridized carbons (Fsp3) is 0.250. The van der Waals surface area contributed by atoms with Gasteiger partial charge in [-0.25, -0.2) is 9.78 Å². The van der Waals surface area contributed by atoms with Gasteiger partial charge in [-0.3, -0.25) is 4.40 Å². The van der Waals surface area contributed by atoms with Crippen LogP contribution < -0.4 is 0 Å². The highest BCUT2D eigenvalue weighted by molar-refractivity contribution is 7.19. The van der Waals surface area contributed by atoms with Crippen molar-refractivity contribution in [1.82, 2.24) is 9.38 Å². The van der Waals surface area contributed by atoms with Crippen LogP contribution in [0.25, 0.3) is 16.2 Å². The summed E-state index contributed by atoms with van der Waals surface area (Å²) in [6.07, 6.45) is 3.62. The molecule has 5 heteroatoms. The molecule has 3 aromatic rings. The minimum atomic E-state index is -0.879. The molecule has 4 nitrogen and oxygen atoms in total. The molecular weight excluding hydrogens is 284 g/mol. The van der Waals surface area contributed by atoms with Crippen LogP contribution >= 0.6 is 11.3 Å². The number of carbonyl (C=O) groups is 1. The number of imidazole rings is 1. The molecule has 0 aliphatic rings. The Morgan fingerprint density at radius 2 is 1.95 bits per heavy atom. The molecule has 2 heterocycles. The second-order valence-corrected chi connectivity index (χ2v) is 5.84. The first kappa shape index (κ1) is 13.8. The first-order valence-corrected chi connectivity index (χ1v) is 7.79. The molecule has 21 heavy (non-hydrogen) atoms. The quantitative estimate of drug-likeness (QED) is 0.795. The summed E-state index contributed by atoms with van der Waals surface area (Å²) in [5.41, 5.74) is 4.05. The van der Waals surface area contributed by atoms with E-state index in [0.29, 0.717) is 11.3 Å². The smallest absolute Gasteiger partial charge is 0.347 e. The largest absolute Gasteiger partial charge is 0.477 e. The van der Waals surface area contributed by atoms with Crippen LogP contribution in [0.2, 0.25) is 0 Å². The van der Waals surface area contributed by atoms with Crippen molar-refractivity contribution in [3.05, 3.63) is 46.6 Å². The van der Waals surface area contributed by atoms with E-state index in [1.165, 1.54) is 16.9 Å². The maximum absolute atomic E-state index is 11.2. The molecule has 0 spiro atoms. The van der Waals surface area contributed by atoms with Crippen molar-refractivity contribution < 1.29 is 9.90 Å². The summed E-state index contributed by atoms with van der Waals surface area (Å²) in [5, 5.41) is 9.23. The number of rotatable bonds is 4. The second-order valence-electron chi connectivity index (χ2n) is 4.87. The molecule has 2 aromatic heterocycles. The minimum absolute atomic E-state index is 0.382. The third kappa shape index (κ3) is 2.34. The topological polar surface area (TPSA) is 54.6 Å². The third-order valence-corrected chi connectivity index (χ3v) is 4.69. The molecule has 0 unspecified atom stereocenters. The minimum Gasteiger partial charge on any atom is -0.477 e. The molecule has 0 fully saturated rings. The fourth-order valence-electron chi connectivity index (χ4n) is 2.44. The lowest BCUT2D eigenvalue weighted by atomic mass is 10.1. The maximum Gasteiger partial charge on any atom is 0.347 e. The van der Waals surface area contributed by atoms with Gasteiger partial charge in [0.15, 0.2) is 4.96 Å². The number of hydrogen-bond donors (Lipinski definition) is 1. The number of aromatic carboxylic acids is 1. The molecule has 3 rings (SSSR count). The molecule has 0 saturated carbocycles. The number of aryl methyl sites for hydroxylation is 2. The summed E-state index contributed by atoms with van der Waals surface area (Å²) < 4.78 is 1.90. The number of nitrogens with zero attached hydrogens (tertiary/aromatic N) is 2. The van der Waals surface area contributed by atoms with E-state index in [1.54, 1.807) is 0 Å². The average Bonchev–Trinajstić information content (AvgIpc) is 3.04. The van der Waals surface area contributed by atoms with E-state index in [0.717, 1.165) is 28.3 Å². The molecule has 1 aromatic carbocycles. The summed E-state index contributed by atoms with van der Waals surface area (Å²) in [4.78, 5) is 16.9. The Kier molecular flexibility index (Phi) is 3.51. The number of carboxylic acids is 1. The third-order valence-electron chi connectivity index (χ3n) is 3.61. The lowest BCUT2D eigenvalue weighted by molar-refractivity contribution is 0.0700. The van der Waals surface area contributed by atoms with E-state index in [1.807, 2.05) is 17.5 Å². The van der Waals surface area contributed by atoms with E-state index in [4.69, 9.17) is 0 Å². The first-order valence-electron chi connectivity index (χ1n) is 6.97. The Hall–Kier alpha value is -2.14. The van der Waals surface area contributed by atoms with Gasteiger partial charge in [0.2, 0.25) is 0 Å². The molecule has 0 aliphatic heterocycles. The lowest BCUT2D eigenvalue weighted by Gasteiger charge is -1.99. The zero-order valence-electron chi connectivity index (χ0n) is 12.0. The van der Waals surface area contributed by atoms with E-state index in [-0.39, 0.29) is 0 Å². The summed E-state index contributed by atoms with van der Waals surface area (Å²) >= 11 is 1.23. The number of aromatic nitrogens is 2. The molecule has 1 N–H and O–H groups in total. The van der Waals surface area contributed by atoms with E-state index in [2.05, 4.69) is 36.2 Å². The van der Waals surface area contributed by atoms with Crippen molar-refractivity contribution in [2.75, 3.05) is 0 Å². The fourth-order valence-corrected chi connectivity index (χ4v) is 3.47. The standard InChI is InChI=1S/C16H16N2O2S/c1-3-10-5-7-11(8-6-10)12-9-18-13(4-2)14(15(19)20)21-16(18)17-12/h5-9H,3-4H2,1-2H3,(H,19,20). The van der Waals surface area contributed by atoms with E-state index < -0.39 is 5.97 Å². The van der Waals surface area contributed by atoms with Gasteiger partial charge in [-0.1, -0.05) is 49.4 Å². The molecule has 0 bridgehead atoms. The normalized spacial score (nSPS) is 11.1. The zero-order valence-corrected chi connectivity index (χ0v) is 12.8. The number of hydrogen-bond acceptors (Lipinski definition) is 3.